The third-order valence-corrected chi connectivity index (χ3v) is 0.795. The summed E-state index contributed by atoms with van der Waals surface area (Å²) in [4.78, 5) is 13.1. The van der Waals surface area contributed by atoms with Gasteiger partial charge in [-0.2, -0.15) is 0 Å². The highest BCUT2D eigenvalue weighted by atomic mass is 31.2. The third-order valence-electron chi connectivity index (χ3n) is 0.391. The average Bonchev–Trinajstić information content (AvgIpc) is 1.94. The Bertz CT molecular complexity index is 149. The molecule has 1 N–H and O–H groups in total. The lowest BCUT2D eigenvalue weighted by Gasteiger charge is -2.10. The van der Waals surface area contributed by atoms with Crippen LogP contribution in [-0.4, -0.2) is 17.6 Å². The first kappa shape index (κ1) is 13.8. The Morgan fingerprint density at radius 2 is 1.07 bits per heavy atom. The Hall–Kier alpha value is -0.190. The zero-order valence-electron chi connectivity index (χ0n) is 5.80. The van der Waals surface area contributed by atoms with Crippen molar-refractivity contribution in [2.75, 3.05) is 0 Å². The van der Waals surface area contributed by atoms with E-state index in [2.05, 4.69) is 19.1 Å². The van der Waals surface area contributed by atoms with Gasteiger partial charge in [0.15, 0.2) is 0 Å². The third kappa shape index (κ3) is 9.89. The molecular weight excluding hydrogens is 249 g/mol. The average molecular weight is 250 g/mol. The highest BCUT2D eigenvalue weighted by molar-refractivity contribution is 7.40. The van der Waals surface area contributed by atoms with Crippen molar-refractivity contribution >= 4 is 8.60 Å². The summed E-state index contributed by atoms with van der Waals surface area (Å²) in [5.41, 5.74) is 0. The molecule has 14 heavy (non-hydrogen) atoms. The molecule has 0 aromatic heterocycles. The lowest BCUT2D eigenvalue weighted by atomic mass is 11.4. The highest BCUT2D eigenvalue weighted by Crippen LogP contribution is 2.38. The molecule has 0 aliphatic carbocycles. The first-order valence-corrected chi connectivity index (χ1v) is 3.57. The summed E-state index contributed by atoms with van der Waals surface area (Å²) >= 11 is 0. The number of alkyl halides is 6. The van der Waals surface area contributed by atoms with Crippen LogP contribution in [0.15, 0.2) is 0 Å². The predicted octanol–water partition coefficient (Wildman–Crippen LogP) is 2.14. The molecule has 0 saturated heterocycles. The van der Waals surface area contributed by atoms with Gasteiger partial charge in [-0.25, -0.2) is 0 Å². The van der Waals surface area contributed by atoms with Crippen LogP contribution < -0.4 is 0 Å². The van der Waals surface area contributed by atoms with Crippen molar-refractivity contribution in [2.24, 2.45) is 0 Å². The molecule has 0 rings (SSSR count). The molecule has 0 aromatic carbocycles. The summed E-state index contributed by atoms with van der Waals surface area (Å²) in [5.74, 6) is 0. The number of hydrogen-bond donors (Lipinski definition) is 1. The molecule has 0 aliphatic heterocycles. The van der Waals surface area contributed by atoms with E-state index in [1.54, 1.807) is 0 Å². The lowest BCUT2D eigenvalue weighted by Crippen LogP contribution is -2.15. The van der Waals surface area contributed by atoms with Gasteiger partial charge in [-0.3, -0.25) is 0 Å². The van der Waals surface area contributed by atoms with Gasteiger partial charge in [0.2, 0.25) is 0 Å². The molecular formula is C2HF6O5P. The topological polar surface area (TPSA) is 57.2 Å². The van der Waals surface area contributed by atoms with E-state index in [-0.39, 0.29) is 0 Å². The molecule has 0 aliphatic rings. The van der Waals surface area contributed by atoms with Crippen LogP contribution in [-0.2, 0) is 19.1 Å². The van der Waals surface area contributed by atoms with Crippen molar-refractivity contribution in [2.45, 2.75) is 12.7 Å². The molecule has 0 saturated carbocycles. The second-order valence-electron chi connectivity index (χ2n) is 1.45. The van der Waals surface area contributed by atoms with Crippen molar-refractivity contribution < 1.29 is 50.4 Å². The summed E-state index contributed by atoms with van der Waals surface area (Å²) in [6, 6.07) is 0. The van der Waals surface area contributed by atoms with E-state index < -0.39 is 21.3 Å². The Labute approximate surface area is 73.0 Å². The van der Waals surface area contributed by atoms with Crippen LogP contribution in [0.2, 0.25) is 0 Å². The van der Waals surface area contributed by atoms with Crippen LogP contribution in [0.1, 0.15) is 0 Å². The largest absolute Gasteiger partial charge is 0.549 e. The molecule has 0 bridgehead atoms. The van der Waals surface area contributed by atoms with Gasteiger partial charge in [-0.15, -0.1) is 45.5 Å². The van der Waals surface area contributed by atoms with E-state index in [0.29, 0.717) is 0 Å². The molecule has 0 spiro atoms. The zero-order chi connectivity index (χ0) is 11.4. The number of rotatable bonds is 4. The number of halogens is 6. The van der Waals surface area contributed by atoms with Gasteiger partial charge >= 0.3 is 21.3 Å². The van der Waals surface area contributed by atoms with Gasteiger partial charge in [0.05, 0.1) is 0 Å². The van der Waals surface area contributed by atoms with Crippen molar-refractivity contribution in [3.8, 4) is 0 Å². The SMILES string of the molecule is OP(OOC(F)(F)F)OOC(F)(F)F. The van der Waals surface area contributed by atoms with Gasteiger partial charge in [0.1, 0.15) is 0 Å². The minimum Gasteiger partial charge on any atom is -0.325 e. The summed E-state index contributed by atoms with van der Waals surface area (Å²) in [6.07, 6.45) is -10.5. The monoisotopic (exact) mass is 250 g/mol. The maximum absolute atomic E-state index is 11.1. The fourth-order valence-electron chi connectivity index (χ4n) is 0.161. The summed E-state index contributed by atoms with van der Waals surface area (Å²) in [5, 5.41) is 0. The van der Waals surface area contributed by atoms with Crippen LogP contribution in [0.4, 0.5) is 26.3 Å². The Kier molecular flexibility index (Phi) is 4.98. The maximum Gasteiger partial charge on any atom is 0.549 e. The molecule has 0 heterocycles. The second-order valence-corrected chi connectivity index (χ2v) is 2.22. The standard InChI is InChI=1S/C2HF6O5P/c3-1(4,5)10-12-14(9)13-11-2(6,7)8/h9H. The minimum atomic E-state index is -5.27. The minimum absolute atomic E-state index is 2.46. The molecule has 0 aromatic rings. The van der Waals surface area contributed by atoms with Gasteiger partial charge in [0.25, 0.3) is 0 Å². The predicted molar refractivity (Wildman–Crippen MR) is 25.6 cm³/mol. The van der Waals surface area contributed by atoms with E-state index >= 15 is 0 Å². The zero-order valence-corrected chi connectivity index (χ0v) is 6.69. The van der Waals surface area contributed by atoms with Gasteiger partial charge < -0.3 is 4.89 Å². The smallest absolute Gasteiger partial charge is 0.325 e. The first-order chi connectivity index (χ1) is 6.10. The summed E-state index contributed by atoms with van der Waals surface area (Å²) < 4.78 is 72.6. The van der Waals surface area contributed by atoms with Crippen molar-refractivity contribution in [1.29, 1.82) is 0 Å². The van der Waals surface area contributed by atoms with Gasteiger partial charge in [-0.05, 0) is 0 Å². The molecule has 86 valence electrons. The highest BCUT2D eigenvalue weighted by Gasteiger charge is 2.36. The fourth-order valence-corrected chi connectivity index (χ4v) is 0.482. The van der Waals surface area contributed by atoms with Crippen LogP contribution in [0.3, 0.4) is 0 Å². The molecule has 0 amide bonds. The first-order valence-electron chi connectivity index (χ1n) is 2.44. The molecule has 0 radical (unpaired) electrons. The Balaban J connectivity index is 3.62. The maximum atomic E-state index is 11.1. The van der Waals surface area contributed by atoms with Crippen LogP contribution >= 0.6 is 8.60 Å². The lowest BCUT2D eigenvalue weighted by molar-refractivity contribution is -0.473. The van der Waals surface area contributed by atoms with E-state index in [0.717, 1.165) is 0 Å². The normalized spacial score (nSPS) is 13.7. The Morgan fingerprint density at radius 3 is 1.29 bits per heavy atom. The van der Waals surface area contributed by atoms with Crippen LogP contribution in [0, 0.1) is 0 Å². The van der Waals surface area contributed by atoms with E-state index in [1.165, 1.54) is 0 Å². The molecule has 0 atom stereocenters. The van der Waals surface area contributed by atoms with Crippen LogP contribution in [0.25, 0.3) is 0 Å². The Morgan fingerprint density at radius 1 is 0.786 bits per heavy atom. The second kappa shape index (κ2) is 5.05. The van der Waals surface area contributed by atoms with Crippen molar-refractivity contribution in [1.82, 2.24) is 0 Å². The van der Waals surface area contributed by atoms with E-state index in [9.17, 15) is 26.3 Å². The molecule has 0 fully saturated rings. The number of hydrogen-bond acceptors (Lipinski definition) is 5. The summed E-state index contributed by atoms with van der Waals surface area (Å²) in [7, 11) is -3.59. The van der Waals surface area contributed by atoms with Crippen LogP contribution in [0.5, 0.6) is 0 Å². The van der Waals surface area contributed by atoms with Crippen molar-refractivity contribution in [3.05, 3.63) is 0 Å². The molecule has 12 heteroatoms. The van der Waals surface area contributed by atoms with Gasteiger partial charge in [-0.1, -0.05) is 0 Å². The van der Waals surface area contributed by atoms with Gasteiger partial charge in [0, 0.05) is 0 Å². The summed E-state index contributed by atoms with van der Waals surface area (Å²) in [6.45, 7) is 0. The molecule has 0 unspecified atom stereocenters. The van der Waals surface area contributed by atoms with E-state index in [1.807, 2.05) is 0 Å². The quantitative estimate of drug-likeness (QED) is 0.358. The van der Waals surface area contributed by atoms with Crippen molar-refractivity contribution in [3.63, 3.8) is 0 Å². The van der Waals surface area contributed by atoms with E-state index in [4.69, 9.17) is 4.89 Å². The fraction of sp³-hybridized carbons (Fsp3) is 1.00. The molecule has 5 nitrogen and oxygen atoms in total.